The van der Waals surface area contributed by atoms with Crippen molar-refractivity contribution >= 4 is 17.6 Å². The molecule has 1 aromatic rings. The fourth-order valence-electron chi connectivity index (χ4n) is 2.28. The minimum absolute atomic E-state index is 0.0835. The topological polar surface area (TPSA) is 49.8 Å². The number of halogens is 2. The highest BCUT2D eigenvalue weighted by Crippen LogP contribution is 2.28. The molecule has 0 bridgehead atoms. The van der Waals surface area contributed by atoms with Gasteiger partial charge < -0.3 is 9.84 Å². The molecule has 1 saturated heterocycles. The molecule has 4 nitrogen and oxygen atoms in total. The Balaban J connectivity index is 2.27. The van der Waals surface area contributed by atoms with Crippen molar-refractivity contribution in [3.63, 3.8) is 0 Å². The Morgan fingerprint density at radius 1 is 1.42 bits per heavy atom. The summed E-state index contributed by atoms with van der Waals surface area (Å²) in [6.07, 6.45) is -0.0835. The third kappa shape index (κ3) is 3.89. The van der Waals surface area contributed by atoms with E-state index >= 15 is 0 Å². The first-order chi connectivity index (χ1) is 9.06. The van der Waals surface area contributed by atoms with E-state index in [1.54, 1.807) is 6.07 Å². The number of carbonyl (C=O) groups is 1. The number of rotatable bonds is 4. The molecule has 1 atom stereocenters. The van der Waals surface area contributed by atoms with E-state index in [0.717, 1.165) is 0 Å². The number of carboxylic acids is 1. The minimum atomic E-state index is -0.920. The largest absolute Gasteiger partial charge is 0.481 e. The molecule has 1 aliphatic heterocycles. The van der Waals surface area contributed by atoms with Crippen molar-refractivity contribution in [3.05, 3.63) is 34.6 Å². The smallest absolute Gasteiger partial charge is 0.305 e. The van der Waals surface area contributed by atoms with Crippen LogP contribution in [0.25, 0.3) is 0 Å². The molecule has 0 spiro atoms. The molecule has 1 aliphatic rings. The summed E-state index contributed by atoms with van der Waals surface area (Å²) in [5, 5.41) is 9.31. The van der Waals surface area contributed by atoms with E-state index in [9.17, 15) is 9.18 Å². The average Bonchev–Trinajstić information content (AvgIpc) is 2.35. The third-order valence-electron chi connectivity index (χ3n) is 3.12. The van der Waals surface area contributed by atoms with Gasteiger partial charge in [0.05, 0.1) is 19.6 Å². The number of benzene rings is 1. The third-order valence-corrected chi connectivity index (χ3v) is 3.34. The molecule has 1 unspecified atom stereocenters. The summed E-state index contributed by atoms with van der Waals surface area (Å²) >= 11 is 5.84. The predicted octanol–water partition coefficient (Wildman–Crippen LogP) is 2.33. The zero-order valence-electron chi connectivity index (χ0n) is 10.3. The van der Waals surface area contributed by atoms with Crippen LogP contribution in [0.1, 0.15) is 18.0 Å². The molecule has 1 aromatic carbocycles. The van der Waals surface area contributed by atoms with Gasteiger partial charge in [0.25, 0.3) is 0 Å². The van der Waals surface area contributed by atoms with Gasteiger partial charge in [-0.2, -0.15) is 0 Å². The Labute approximate surface area is 115 Å². The number of hydrogen-bond donors (Lipinski definition) is 1. The monoisotopic (exact) mass is 287 g/mol. The van der Waals surface area contributed by atoms with E-state index in [1.165, 1.54) is 12.1 Å². The lowest BCUT2D eigenvalue weighted by atomic mass is 10.0. The first kappa shape index (κ1) is 14.2. The Morgan fingerprint density at radius 3 is 2.68 bits per heavy atom. The lowest BCUT2D eigenvalue weighted by Gasteiger charge is -2.34. The van der Waals surface area contributed by atoms with Crippen molar-refractivity contribution in [1.82, 2.24) is 4.90 Å². The van der Waals surface area contributed by atoms with Crippen molar-refractivity contribution in [2.24, 2.45) is 0 Å². The lowest BCUT2D eigenvalue weighted by Crippen LogP contribution is -2.39. The average molecular weight is 288 g/mol. The molecule has 6 heteroatoms. The summed E-state index contributed by atoms with van der Waals surface area (Å²) in [6.45, 7) is 2.37. The normalized spacial score (nSPS) is 18.2. The van der Waals surface area contributed by atoms with Gasteiger partial charge in [-0.1, -0.05) is 11.6 Å². The van der Waals surface area contributed by atoms with E-state index in [4.69, 9.17) is 21.4 Å². The summed E-state index contributed by atoms with van der Waals surface area (Å²) < 4.78 is 18.7. The molecule has 0 amide bonds. The van der Waals surface area contributed by atoms with E-state index in [-0.39, 0.29) is 17.5 Å². The summed E-state index contributed by atoms with van der Waals surface area (Å²) in [5.41, 5.74) is 0.592. The summed E-state index contributed by atoms with van der Waals surface area (Å²) in [7, 11) is 0. The maximum atomic E-state index is 13.4. The molecule has 0 saturated carbocycles. The molecule has 1 N–H and O–H groups in total. The van der Waals surface area contributed by atoms with Crippen LogP contribution < -0.4 is 0 Å². The number of hydrogen-bond acceptors (Lipinski definition) is 3. The quantitative estimate of drug-likeness (QED) is 0.923. The van der Waals surface area contributed by atoms with Crippen LogP contribution in [0.15, 0.2) is 18.2 Å². The van der Waals surface area contributed by atoms with E-state index in [0.29, 0.717) is 31.9 Å². The number of aliphatic carboxylic acids is 1. The van der Waals surface area contributed by atoms with Gasteiger partial charge in [0.2, 0.25) is 0 Å². The molecule has 19 heavy (non-hydrogen) atoms. The molecule has 0 radical (unpaired) electrons. The van der Waals surface area contributed by atoms with E-state index in [2.05, 4.69) is 0 Å². The highest BCUT2D eigenvalue weighted by atomic mass is 35.5. The van der Waals surface area contributed by atoms with Crippen LogP contribution >= 0.6 is 11.6 Å². The van der Waals surface area contributed by atoms with Gasteiger partial charge in [-0.25, -0.2) is 4.39 Å². The highest BCUT2D eigenvalue weighted by molar-refractivity contribution is 6.30. The molecule has 104 valence electrons. The predicted molar refractivity (Wildman–Crippen MR) is 68.8 cm³/mol. The lowest BCUT2D eigenvalue weighted by molar-refractivity contribution is -0.139. The SMILES string of the molecule is O=C(O)CC(c1cc(F)cc(Cl)c1)N1CCOCC1. The highest BCUT2D eigenvalue weighted by Gasteiger charge is 2.25. The standard InChI is InChI=1S/C13H15ClFNO3/c14-10-5-9(6-11(15)7-10)12(8-13(17)18)16-1-3-19-4-2-16/h5-7,12H,1-4,8H2,(H,17,18). The molecule has 1 fully saturated rings. The fraction of sp³-hybridized carbons (Fsp3) is 0.462. The Kier molecular flexibility index (Phi) is 4.74. The molecular weight excluding hydrogens is 273 g/mol. The number of nitrogens with zero attached hydrogens (tertiary/aromatic N) is 1. The second kappa shape index (κ2) is 6.32. The zero-order chi connectivity index (χ0) is 13.8. The molecule has 0 aromatic heterocycles. The molecule has 1 heterocycles. The van der Waals surface area contributed by atoms with E-state index < -0.39 is 11.8 Å². The number of carboxylic acid groups (broad SMARTS) is 1. The van der Waals surface area contributed by atoms with Crippen LogP contribution in [0.2, 0.25) is 5.02 Å². The van der Waals surface area contributed by atoms with Crippen molar-refractivity contribution in [1.29, 1.82) is 0 Å². The van der Waals surface area contributed by atoms with Crippen molar-refractivity contribution in [2.45, 2.75) is 12.5 Å². The maximum Gasteiger partial charge on any atom is 0.305 e. The van der Waals surface area contributed by atoms with Gasteiger partial charge in [0, 0.05) is 24.2 Å². The summed E-state index contributed by atoms with van der Waals surface area (Å²) in [6, 6.07) is 3.79. The first-order valence-electron chi connectivity index (χ1n) is 6.06. The fourth-order valence-corrected chi connectivity index (χ4v) is 2.51. The van der Waals surface area contributed by atoms with Gasteiger partial charge in [0.1, 0.15) is 5.82 Å². The van der Waals surface area contributed by atoms with Crippen molar-refractivity contribution in [2.75, 3.05) is 26.3 Å². The van der Waals surface area contributed by atoms with E-state index in [1.807, 2.05) is 4.90 Å². The van der Waals surface area contributed by atoms with Gasteiger partial charge in [-0.15, -0.1) is 0 Å². The van der Waals surface area contributed by atoms with Crippen LogP contribution in [0.4, 0.5) is 4.39 Å². The van der Waals surface area contributed by atoms with Crippen LogP contribution in [-0.4, -0.2) is 42.3 Å². The Bertz CT molecular complexity index is 443. The summed E-state index contributed by atoms with van der Waals surface area (Å²) in [4.78, 5) is 13.0. The zero-order valence-corrected chi connectivity index (χ0v) is 11.1. The summed E-state index contributed by atoms with van der Waals surface area (Å²) in [5.74, 6) is -1.37. The minimum Gasteiger partial charge on any atom is -0.481 e. The maximum absolute atomic E-state index is 13.4. The number of ether oxygens (including phenoxy) is 1. The van der Waals surface area contributed by atoms with Gasteiger partial charge in [-0.3, -0.25) is 9.69 Å². The molecule has 2 rings (SSSR count). The van der Waals surface area contributed by atoms with Gasteiger partial charge in [0.15, 0.2) is 0 Å². The second-order valence-corrected chi connectivity index (χ2v) is 4.90. The molecule has 0 aliphatic carbocycles. The van der Waals surface area contributed by atoms with Crippen LogP contribution in [0.3, 0.4) is 0 Å². The number of morpholine rings is 1. The van der Waals surface area contributed by atoms with Gasteiger partial charge >= 0.3 is 5.97 Å². The van der Waals surface area contributed by atoms with Gasteiger partial charge in [-0.05, 0) is 23.8 Å². The van der Waals surface area contributed by atoms with Crippen LogP contribution in [0, 0.1) is 5.82 Å². The Hall–Kier alpha value is -1.17. The van der Waals surface area contributed by atoms with Crippen molar-refractivity contribution in [3.8, 4) is 0 Å². The molecular formula is C13H15ClFNO3. The Morgan fingerprint density at radius 2 is 2.11 bits per heavy atom. The van der Waals surface area contributed by atoms with Crippen molar-refractivity contribution < 1.29 is 19.0 Å². The van der Waals surface area contributed by atoms with Crippen LogP contribution in [0.5, 0.6) is 0 Å². The van der Waals surface area contributed by atoms with Crippen LogP contribution in [-0.2, 0) is 9.53 Å². The second-order valence-electron chi connectivity index (χ2n) is 4.46. The first-order valence-corrected chi connectivity index (χ1v) is 6.43.